The van der Waals surface area contributed by atoms with Gasteiger partial charge in [0, 0.05) is 28.2 Å². The molecule has 0 unspecified atom stereocenters. The Labute approximate surface area is 137 Å². The van der Waals surface area contributed by atoms with Gasteiger partial charge in [-0.25, -0.2) is 0 Å². The zero-order valence-electron chi connectivity index (χ0n) is 11.3. The third-order valence-electron chi connectivity index (χ3n) is 3.22. The van der Waals surface area contributed by atoms with Crippen molar-refractivity contribution in [2.75, 3.05) is 31.2 Å². The predicted molar refractivity (Wildman–Crippen MR) is 91.2 cm³/mol. The van der Waals surface area contributed by atoms with Crippen LogP contribution in [0.3, 0.4) is 0 Å². The summed E-state index contributed by atoms with van der Waals surface area (Å²) in [6.45, 7) is 2.45. The van der Waals surface area contributed by atoms with Gasteiger partial charge in [-0.1, -0.05) is 6.07 Å². The molecule has 0 aromatic heterocycles. The Hall–Kier alpha value is -0.470. The number of hydrogen-bond acceptors (Lipinski definition) is 4. The Kier molecular flexibility index (Phi) is 6.44. The van der Waals surface area contributed by atoms with Gasteiger partial charge in [-0.3, -0.25) is 9.69 Å². The third-order valence-corrected chi connectivity index (χ3v) is 4.92. The van der Waals surface area contributed by atoms with Gasteiger partial charge in [-0.05, 0) is 47.2 Å². The van der Waals surface area contributed by atoms with E-state index >= 15 is 0 Å². The van der Waals surface area contributed by atoms with Crippen LogP contribution in [0, 0.1) is 3.57 Å². The Morgan fingerprint density at radius 3 is 3.15 bits per heavy atom. The van der Waals surface area contributed by atoms with Crippen LogP contribution >= 0.6 is 34.4 Å². The van der Waals surface area contributed by atoms with Crippen molar-refractivity contribution in [1.29, 1.82) is 0 Å². The quantitative estimate of drug-likeness (QED) is 0.580. The van der Waals surface area contributed by atoms with E-state index in [4.69, 9.17) is 10.5 Å². The predicted octanol–water partition coefficient (Wildman–Crippen LogP) is 1.96. The minimum atomic E-state index is -0.212. The van der Waals surface area contributed by atoms with E-state index in [1.165, 1.54) is 3.57 Å². The van der Waals surface area contributed by atoms with Gasteiger partial charge >= 0.3 is 0 Å². The molecular weight excluding hydrogens is 387 g/mol. The highest BCUT2D eigenvalue weighted by Gasteiger charge is 2.26. The number of ether oxygens (including phenoxy) is 1. The molecular formula is C14H19IN2O2S. The smallest absolute Gasteiger partial charge is 0.235 e. The first-order valence-corrected chi connectivity index (χ1v) is 8.89. The van der Waals surface area contributed by atoms with Crippen molar-refractivity contribution in [3.8, 4) is 5.75 Å². The van der Waals surface area contributed by atoms with E-state index in [0.717, 1.165) is 36.8 Å². The number of rotatable bonds is 6. The van der Waals surface area contributed by atoms with Crippen LogP contribution in [0.1, 0.15) is 6.42 Å². The minimum Gasteiger partial charge on any atom is -0.494 e. The average Bonchev–Trinajstić information content (AvgIpc) is 2.44. The van der Waals surface area contributed by atoms with E-state index in [2.05, 4.69) is 27.5 Å². The number of thioether (sulfide) groups is 1. The molecule has 0 bridgehead atoms. The summed E-state index contributed by atoms with van der Waals surface area (Å²) in [5, 5.41) is 0. The maximum Gasteiger partial charge on any atom is 0.235 e. The Balaban J connectivity index is 1.73. The number of benzene rings is 1. The van der Waals surface area contributed by atoms with Crippen LogP contribution < -0.4 is 10.5 Å². The molecule has 0 radical (unpaired) electrons. The van der Waals surface area contributed by atoms with Gasteiger partial charge in [0.05, 0.1) is 12.6 Å². The molecule has 2 rings (SSSR count). The van der Waals surface area contributed by atoms with Gasteiger partial charge in [-0.2, -0.15) is 11.8 Å². The molecule has 0 saturated carbocycles. The van der Waals surface area contributed by atoms with Crippen molar-refractivity contribution in [2.45, 2.75) is 12.5 Å². The molecule has 1 aromatic carbocycles. The summed E-state index contributed by atoms with van der Waals surface area (Å²) in [6, 6.07) is 7.89. The van der Waals surface area contributed by atoms with Crippen LogP contribution in [0.4, 0.5) is 0 Å². The summed E-state index contributed by atoms with van der Waals surface area (Å²) in [4.78, 5) is 13.6. The fourth-order valence-corrected chi connectivity index (χ4v) is 3.83. The molecule has 1 aliphatic heterocycles. The Morgan fingerprint density at radius 1 is 1.55 bits per heavy atom. The second kappa shape index (κ2) is 8.09. The second-order valence-electron chi connectivity index (χ2n) is 4.69. The topological polar surface area (TPSA) is 55.6 Å². The first-order valence-electron chi connectivity index (χ1n) is 6.66. The standard InChI is InChI=1S/C14H19IN2O2S/c15-11-3-1-4-12(9-11)19-7-2-5-17-6-8-20-10-13(17)14(16)18/h1,3-4,9,13H,2,5-8,10H2,(H2,16,18)/t13-/m0/s1. The molecule has 1 saturated heterocycles. The van der Waals surface area contributed by atoms with Gasteiger partial charge in [0.1, 0.15) is 5.75 Å². The van der Waals surface area contributed by atoms with E-state index in [1.54, 1.807) is 11.8 Å². The summed E-state index contributed by atoms with van der Waals surface area (Å²) in [6.07, 6.45) is 0.903. The molecule has 6 heteroatoms. The summed E-state index contributed by atoms with van der Waals surface area (Å²) >= 11 is 4.07. The van der Waals surface area contributed by atoms with E-state index < -0.39 is 0 Å². The summed E-state index contributed by atoms with van der Waals surface area (Å²) in [5.74, 6) is 2.57. The molecule has 1 fully saturated rings. The lowest BCUT2D eigenvalue weighted by molar-refractivity contribution is -0.122. The van der Waals surface area contributed by atoms with Crippen LogP contribution in [0.25, 0.3) is 0 Å². The lowest BCUT2D eigenvalue weighted by Gasteiger charge is -2.33. The van der Waals surface area contributed by atoms with Gasteiger partial charge in [0.15, 0.2) is 0 Å². The first kappa shape index (κ1) is 15.9. The molecule has 110 valence electrons. The monoisotopic (exact) mass is 406 g/mol. The Morgan fingerprint density at radius 2 is 2.40 bits per heavy atom. The summed E-state index contributed by atoms with van der Waals surface area (Å²) in [5.41, 5.74) is 5.44. The molecule has 1 amide bonds. The maximum absolute atomic E-state index is 11.4. The number of primary amides is 1. The van der Waals surface area contributed by atoms with Crippen LogP contribution in [0.15, 0.2) is 24.3 Å². The number of halogens is 1. The van der Waals surface area contributed by atoms with Crippen molar-refractivity contribution in [3.05, 3.63) is 27.8 Å². The van der Waals surface area contributed by atoms with Crippen LogP contribution in [0.5, 0.6) is 5.75 Å². The normalized spacial score (nSPS) is 19.8. The van der Waals surface area contributed by atoms with Crippen molar-refractivity contribution in [2.24, 2.45) is 5.73 Å². The minimum absolute atomic E-state index is 0.119. The van der Waals surface area contributed by atoms with Gasteiger partial charge < -0.3 is 10.5 Å². The highest BCUT2D eigenvalue weighted by Crippen LogP contribution is 2.17. The molecule has 0 aliphatic carbocycles. The van der Waals surface area contributed by atoms with Crippen LogP contribution in [0.2, 0.25) is 0 Å². The van der Waals surface area contributed by atoms with E-state index in [1.807, 2.05) is 24.3 Å². The van der Waals surface area contributed by atoms with Crippen LogP contribution in [-0.4, -0.2) is 48.1 Å². The maximum atomic E-state index is 11.4. The lowest BCUT2D eigenvalue weighted by Crippen LogP contribution is -2.50. The molecule has 1 heterocycles. The SMILES string of the molecule is NC(=O)[C@@H]1CSCCN1CCCOc1cccc(I)c1. The van der Waals surface area contributed by atoms with Gasteiger partial charge in [-0.15, -0.1) is 0 Å². The summed E-state index contributed by atoms with van der Waals surface area (Å²) < 4.78 is 6.89. The number of amides is 1. The molecule has 1 aliphatic rings. The zero-order chi connectivity index (χ0) is 14.4. The molecule has 2 N–H and O–H groups in total. The fourth-order valence-electron chi connectivity index (χ4n) is 2.18. The molecule has 4 nitrogen and oxygen atoms in total. The number of nitrogens with two attached hydrogens (primary N) is 1. The molecule has 1 aromatic rings. The molecule has 20 heavy (non-hydrogen) atoms. The van der Waals surface area contributed by atoms with E-state index in [0.29, 0.717) is 6.61 Å². The van der Waals surface area contributed by atoms with Crippen molar-refractivity contribution < 1.29 is 9.53 Å². The van der Waals surface area contributed by atoms with Crippen LogP contribution in [-0.2, 0) is 4.79 Å². The third kappa shape index (κ3) is 4.82. The number of carbonyl (C=O) groups excluding carboxylic acids is 1. The summed E-state index contributed by atoms with van der Waals surface area (Å²) in [7, 11) is 0. The van der Waals surface area contributed by atoms with Crippen molar-refractivity contribution >= 4 is 40.3 Å². The van der Waals surface area contributed by atoms with Gasteiger partial charge in [0.25, 0.3) is 0 Å². The Bertz CT molecular complexity index is 459. The molecule has 0 spiro atoms. The zero-order valence-corrected chi connectivity index (χ0v) is 14.2. The van der Waals surface area contributed by atoms with E-state index in [-0.39, 0.29) is 11.9 Å². The highest BCUT2D eigenvalue weighted by molar-refractivity contribution is 14.1. The lowest BCUT2D eigenvalue weighted by atomic mass is 10.2. The van der Waals surface area contributed by atoms with Crippen molar-refractivity contribution in [1.82, 2.24) is 4.90 Å². The number of hydrogen-bond donors (Lipinski definition) is 1. The first-order chi connectivity index (χ1) is 9.66. The second-order valence-corrected chi connectivity index (χ2v) is 7.08. The largest absolute Gasteiger partial charge is 0.494 e. The van der Waals surface area contributed by atoms with Gasteiger partial charge in [0.2, 0.25) is 5.91 Å². The average molecular weight is 406 g/mol. The fraction of sp³-hybridized carbons (Fsp3) is 0.500. The number of carbonyl (C=O) groups is 1. The highest BCUT2D eigenvalue weighted by atomic mass is 127. The van der Waals surface area contributed by atoms with Crippen molar-refractivity contribution in [3.63, 3.8) is 0 Å². The van der Waals surface area contributed by atoms with E-state index in [9.17, 15) is 4.79 Å². The number of nitrogens with zero attached hydrogens (tertiary/aromatic N) is 1. The molecule has 1 atom stereocenters.